The number of carbonyl (C=O) groups is 2. The Morgan fingerprint density at radius 2 is 1.00 bits per heavy atom. The van der Waals surface area contributed by atoms with Gasteiger partial charge in [0.2, 0.25) is 0 Å². The zero-order valence-electron chi connectivity index (χ0n) is 14.9. The Hall–Kier alpha value is 0.666. The van der Waals surface area contributed by atoms with Crippen LogP contribution in [-0.4, -0.2) is 11.9 Å². The maximum absolute atomic E-state index is 10.3. The third-order valence-corrected chi connectivity index (χ3v) is 3.46. The van der Waals surface area contributed by atoms with E-state index in [1.165, 1.54) is 0 Å². The number of carboxylic acids is 2. The Kier molecular flexibility index (Phi) is 37.8. The second kappa shape index (κ2) is 24.9. The van der Waals surface area contributed by atoms with E-state index >= 15 is 0 Å². The van der Waals surface area contributed by atoms with Crippen LogP contribution in [0.25, 0.3) is 0 Å². The molecule has 0 rings (SSSR count). The molecule has 2 atom stereocenters. The van der Waals surface area contributed by atoms with Gasteiger partial charge in [0.05, 0.1) is 0 Å². The van der Waals surface area contributed by atoms with Crippen molar-refractivity contribution in [2.75, 3.05) is 0 Å². The summed E-state index contributed by atoms with van der Waals surface area (Å²) in [7, 11) is 0. The zero-order valence-corrected chi connectivity index (χ0v) is 19.8. The van der Waals surface area contributed by atoms with Crippen molar-refractivity contribution in [3.63, 3.8) is 0 Å². The quantitative estimate of drug-likeness (QED) is 0.471. The fourth-order valence-corrected chi connectivity index (χ4v) is 1.88. The fourth-order valence-electron chi connectivity index (χ4n) is 1.88. The molecule has 2 unspecified atom stereocenters. The number of aliphatic carboxylic acids is 2. The average Bonchev–Trinajstić information content (AvgIpc) is 2.40. The van der Waals surface area contributed by atoms with Gasteiger partial charge in [-0.1, -0.05) is 53.4 Å². The van der Waals surface area contributed by atoms with Crippen molar-refractivity contribution in [3.8, 4) is 0 Å². The molecule has 0 saturated heterocycles. The molecule has 0 aliphatic heterocycles. The van der Waals surface area contributed by atoms with E-state index in [4.69, 9.17) is 0 Å². The van der Waals surface area contributed by atoms with Gasteiger partial charge >= 0.3 is 52.4 Å². The number of rotatable bonds is 10. The summed E-state index contributed by atoms with van der Waals surface area (Å²) in [5, 5.41) is 20.7. The van der Waals surface area contributed by atoms with E-state index in [0.717, 1.165) is 38.5 Å². The van der Waals surface area contributed by atoms with Gasteiger partial charge in [-0.25, -0.2) is 0 Å². The average molecular weight is 485 g/mol. The van der Waals surface area contributed by atoms with E-state index in [1.54, 1.807) is 0 Å². The van der Waals surface area contributed by atoms with Crippen LogP contribution in [0.4, 0.5) is 0 Å². The van der Waals surface area contributed by atoms with Crippen LogP contribution >= 0.6 is 0 Å². The first-order chi connectivity index (χ1) is 9.44. The molecule has 5 nitrogen and oxygen atoms in total. The van der Waals surface area contributed by atoms with Crippen LogP contribution in [0, 0.1) is 11.8 Å². The minimum Gasteiger partial charge on any atom is -2.00 e. The van der Waals surface area contributed by atoms with Crippen LogP contribution in [0.1, 0.15) is 79.1 Å². The van der Waals surface area contributed by atoms with E-state index in [2.05, 4.69) is 13.8 Å². The van der Waals surface area contributed by atoms with Crippen molar-refractivity contribution >= 4 is 11.9 Å². The Morgan fingerprint density at radius 1 is 0.739 bits per heavy atom. The molecule has 0 heterocycles. The third-order valence-electron chi connectivity index (χ3n) is 3.46. The summed E-state index contributed by atoms with van der Waals surface area (Å²) in [6.45, 7) is 7.89. The van der Waals surface area contributed by atoms with Gasteiger partial charge in [-0.05, 0) is 37.5 Å². The molecular weight excluding hydrogens is 455 g/mol. The molecular formula is C16H30O5Zr2+4. The van der Waals surface area contributed by atoms with E-state index in [0.29, 0.717) is 12.8 Å². The van der Waals surface area contributed by atoms with E-state index in [-0.39, 0.29) is 69.7 Å². The summed E-state index contributed by atoms with van der Waals surface area (Å²) in [5.74, 6) is -2.23. The molecule has 23 heavy (non-hydrogen) atoms. The van der Waals surface area contributed by atoms with E-state index in [1.807, 2.05) is 13.8 Å². The SMILES string of the molecule is CCCCC(CC)C(=O)[O-].CCCCC(CC)C(=O)[O-].[O-2].[Zr+4].[Zr+4]. The maximum Gasteiger partial charge on any atom is 4.00 e. The molecule has 0 aromatic heterocycles. The van der Waals surface area contributed by atoms with Crippen LogP contribution in [0.2, 0.25) is 0 Å². The smallest absolute Gasteiger partial charge is 2.00 e. The van der Waals surface area contributed by atoms with Gasteiger partial charge in [0.15, 0.2) is 0 Å². The molecule has 0 bridgehead atoms. The Bertz CT molecular complexity index is 237. The standard InChI is InChI=1S/2C8H16O2.O.2Zr/c2*1-3-5-6-7(4-2)8(9)10;;;/h2*7H,3-6H2,1-2H3,(H,9,10);;;/q;;-2;2*+4/p-2. The summed E-state index contributed by atoms with van der Waals surface area (Å²) in [6.07, 6.45) is 7.04. The van der Waals surface area contributed by atoms with Crippen molar-refractivity contribution in [1.29, 1.82) is 0 Å². The van der Waals surface area contributed by atoms with Crippen molar-refractivity contribution < 1.29 is 77.7 Å². The molecule has 0 N–H and O–H groups in total. The van der Waals surface area contributed by atoms with Crippen molar-refractivity contribution in [1.82, 2.24) is 0 Å². The van der Waals surface area contributed by atoms with Crippen LogP contribution in [0.15, 0.2) is 0 Å². The minimum atomic E-state index is -0.893. The Labute approximate surface area is 179 Å². The molecule has 0 aliphatic rings. The molecule has 0 aromatic rings. The summed E-state index contributed by atoms with van der Waals surface area (Å²) >= 11 is 0. The van der Waals surface area contributed by atoms with Gasteiger partial charge in [-0.15, -0.1) is 0 Å². The summed E-state index contributed by atoms with van der Waals surface area (Å²) < 4.78 is 0. The second-order valence-electron chi connectivity index (χ2n) is 5.13. The molecule has 0 fully saturated rings. The first-order valence-corrected chi connectivity index (χ1v) is 7.86. The number of carbonyl (C=O) groups excluding carboxylic acids is 2. The van der Waals surface area contributed by atoms with E-state index in [9.17, 15) is 19.8 Å². The molecule has 0 aliphatic carbocycles. The fraction of sp³-hybridized carbons (Fsp3) is 0.875. The van der Waals surface area contributed by atoms with Crippen LogP contribution in [0.5, 0.6) is 0 Å². The van der Waals surface area contributed by atoms with Gasteiger partial charge in [-0.2, -0.15) is 0 Å². The first-order valence-electron chi connectivity index (χ1n) is 7.86. The topological polar surface area (TPSA) is 109 Å². The Morgan fingerprint density at radius 3 is 1.13 bits per heavy atom. The van der Waals surface area contributed by atoms with Crippen LogP contribution in [-0.2, 0) is 67.5 Å². The van der Waals surface area contributed by atoms with Crippen molar-refractivity contribution in [2.45, 2.75) is 79.1 Å². The van der Waals surface area contributed by atoms with Crippen molar-refractivity contribution in [2.24, 2.45) is 11.8 Å². The number of unbranched alkanes of at least 4 members (excludes halogenated alkanes) is 2. The number of hydrogen-bond acceptors (Lipinski definition) is 4. The number of hydrogen-bond donors (Lipinski definition) is 0. The zero-order chi connectivity index (χ0) is 16.0. The summed E-state index contributed by atoms with van der Waals surface area (Å²) in [4.78, 5) is 20.7. The molecule has 7 heteroatoms. The third kappa shape index (κ3) is 22.7. The molecule has 0 amide bonds. The predicted octanol–water partition coefficient (Wildman–Crippen LogP) is 1.78. The summed E-state index contributed by atoms with van der Waals surface area (Å²) in [5.41, 5.74) is 0. The van der Waals surface area contributed by atoms with Crippen LogP contribution < -0.4 is 10.2 Å². The van der Waals surface area contributed by atoms with Gasteiger partial charge in [0.25, 0.3) is 0 Å². The van der Waals surface area contributed by atoms with Gasteiger partial charge in [0.1, 0.15) is 0 Å². The predicted molar refractivity (Wildman–Crippen MR) is 77.3 cm³/mol. The first kappa shape index (κ1) is 34.9. The Balaban J connectivity index is -0.0000000831. The van der Waals surface area contributed by atoms with Crippen LogP contribution in [0.3, 0.4) is 0 Å². The van der Waals surface area contributed by atoms with Gasteiger partial charge in [-0.3, -0.25) is 0 Å². The monoisotopic (exact) mass is 482 g/mol. The molecule has 0 spiro atoms. The normalized spacial score (nSPS) is 11.3. The molecule has 0 aromatic carbocycles. The summed E-state index contributed by atoms with van der Waals surface area (Å²) in [6, 6.07) is 0. The number of carboxylic acid groups (broad SMARTS) is 2. The molecule has 0 radical (unpaired) electrons. The second-order valence-corrected chi connectivity index (χ2v) is 5.13. The van der Waals surface area contributed by atoms with Crippen molar-refractivity contribution in [3.05, 3.63) is 0 Å². The van der Waals surface area contributed by atoms with Gasteiger partial charge < -0.3 is 25.3 Å². The maximum atomic E-state index is 10.3. The largest absolute Gasteiger partial charge is 4.00 e. The minimum absolute atomic E-state index is 0. The molecule has 128 valence electrons. The molecule has 0 saturated carbocycles. The van der Waals surface area contributed by atoms with Gasteiger partial charge in [0, 0.05) is 11.9 Å². The van der Waals surface area contributed by atoms with E-state index < -0.39 is 11.9 Å².